The predicted molar refractivity (Wildman–Crippen MR) is 113 cm³/mol. The summed E-state index contributed by atoms with van der Waals surface area (Å²) in [6, 6.07) is 12.0. The van der Waals surface area contributed by atoms with E-state index in [1.165, 1.54) is 23.7 Å². The summed E-state index contributed by atoms with van der Waals surface area (Å²) in [5.74, 6) is -0.281. The molecule has 5 nitrogen and oxygen atoms in total. The molecule has 0 saturated carbocycles. The van der Waals surface area contributed by atoms with Crippen molar-refractivity contribution < 1.29 is 13.6 Å². The maximum atomic E-state index is 14.8. The molecule has 7 heteroatoms. The van der Waals surface area contributed by atoms with Crippen LogP contribution in [0.25, 0.3) is 0 Å². The van der Waals surface area contributed by atoms with Crippen LogP contribution in [0, 0.1) is 12.7 Å². The Hall–Kier alpha value is -2.48. The topological polar surface area (TPSA) is 48.7 Å². The van der Waals surface area contributed by atoms with Gasteiger partial charge in [-0.1, -0.05) is 18.2 Å². The number of likely N-dealkylation sites (N-methyl/N-ethyl adjacent to an activating group) is 1. The number of thiophene rings is 1. The largest absolute Gasteiger partial charge is 0.459 e. The van der Waals surface area contributed by atoms with Crippen LogP contribution in [0.3, 0.4) is 0 Å². The van der Waals surface area contributed by atoms with Gasteiger partial charge >= 0.3 is 0 Å². The van der Waals surface area contributed by atoms with Gasteiger partial charge in [0.1, 0.15) is 10.8 Å². The fraction of sp³-hybridized carbons (Fsp3) is 0.318. The number of halogens is 1. The van der Waals surface area contributed by atoms with E-state index in [-0.39, 0.29) is 23.5 Å². The van der Waals surface area contributed by atoms with Gasteiger partial charge in [0.15, 0.2) is 5.76 Å². The smallest absolute Gasteiger partial charge is 0.291 e. The lowest BCUT2D eigenvalue weighted by Crippen LogP contribution is -2.46. The molecular weight excluding hydrogens is 389 g/mol. The number of carbonyl (C=O) groups excluding carboxylic acids is 1. The van der Waals surface area contributed by atoms with Crippen LogP contribution in [0.2, 0.25) is 0 Å². The fourth-order valence-electron chi connectivity index (χ4n) is 3.75. The van der Waals surface area contributed by atoms with Crippen molar-refractivity contribution in [3.63, 3.8) is 0 Å². The molecule has 1 aliphatic heterocycles. The van der Waals surface area contributed by atoms with Crippen LogP contribution in [-0.2, 0) is 0 Å². The molecule has 0 aliphatic carbocycles. The number of piperazine rings is 1. The average Bonchev–Trinajstić information content (AvgIpc) is 3.35. The van der Waals surface area contributed by atoms with Crippen molar-refractivity contribution in [3.05, 3.63) is 76.3 Å². The monoisotopic (exact) mass is 413 g/mol. The zero-order valence-electron chi connectivity index (χ0n) is 16.5. The molecule has 1 aliphatic rings. The normalized spacial score (nSPS) is 16.7. The number of benzene rings is 1. The summed E-state index contributed by atoms with van der Waals surface area (Å²) >= 11 is 1.50. The molecule has 0 unspecified atom stereocenters. The Labute approximate surface area is 173 Å². The summed E-state index contributed by atoms with van der Waals surface area (Å²) in [6.07, 6.45) is 1.47. The average molecular weight is 414 g/mol. The Kier molecular flexibility index (Phi) is 5.80. The molecule has 1 atom stereocenters. The lowest BCUT2D eigenvalue weighted by molar-refractivity contribution is 0.0996. The van der Waals surface area contributed by atoms with Crippen molar-refractivity contribution in [1.82, 2.24) is 9.80 Å². The highest BCUT2D eigenvalue weighted by Crippen LogP contribution is 2.40. The third kappa shape index (κ3) is 4.27. The van der Waals surface area contributed by atoms with Gasteiger partial charge in [-0.2, -0.15) is 0 Å². The number of anilines is 1. The molecule has 1 fully saturated rings. The van der Waals surface area contributed by atoms with Crippen molar-refractivity contribution in [1.29, 1.82) is 0 Å². The van der Waals surface area contributed by atoms with Crippen LogP contribution in [0.1, 0.15) is 32.6 Å². The summed E-state index contributed by atoms with van der Waals surface area (Å²) < 4.78 is 20.1. The molecule has 3 heterocycles. The Morgan fingerprint density at radius 2 is 1.90 bits per heavy atom. The van der Waals surface area contributed by atoms with Crippen LogP contribution < -0.4 is 5.32 Å². The van der Waals surface area contributed by atoms with E-state index < -0.39 is 0 Å². The quantitative estimate of drug-likeness (QED) is 0.675. The first-order chi connectivity index (χ1) is 14.0. The summed E-state index contributed by atoms with van der Waals surface area (Å²) in [5.41, 5.74) is 1.55. The third-order valence-corrected chi connectivity index (χ3v) is 6.24. The van der Waals surface area contributed by atoms with E-state index >= 15 is 0 Å². The Morgan fingerprint density at radius 3 is 2.59 bits per heavy atom. The molecule has 0 radical (unpaired) electrons. The van der Waals surface area contributed by atoms with Crippen LogP contribution in [0.4, 0.5) is 9.39 Å². The van der Waals surface area contributed by atoms with Gasteiger partial charge in [-0.15, -0.1) is 11.3 Å². The molecule has 1 saturated heterocycles. The maximum absolute atomic E-state index is 14.8. The number of carbonyl (C=O) groups is 1. The highest BCUT2D eigenvalue weighted by Gasteiger charge is 2.31. The Bertz CT molecular complexity index is 978. The van der Waals surface area contributed by atoms with Crippen molar-refractivity contribution >= 4 is 22.2 Å². The first kappa shape index (κ1) is 19.8. The lowest BCUT2D eigenvalue weighted by Gasteiger charge is -2.38. The summed E-state index contributed by atoms with van der Waals surface area (Å²) in [4.78, 5) is 18.2. The van der Waals surface area contributed by atoms with E-state index in [4.69, 9.17) is 4.42 Å². The molecule has 1 N–H and O–H groups in total. The van der Waals surface area contributed by atoms with E-state index in [2.05, 4.69) is 28.2 Å². The molecule has 1 aromatic carbocycles. The van der Waals surface area contributed by atoms with Crippen molar-refractivity contribution in [2.45, 2.75) is 13.0 Å². The lowest BCUT2D eigenvalue weighted by atomic mass is 9.97. The van der Waals surface area contributed by atoms with Gasteiger partial charge in [-0.25, -0.2) is 4.39 Å². The van der Waals surface area contributed by atoms with Gasteiger partial charge < -0.3 is 14.6 Å². The number of nitrogens with one attached hydrogen (secondary N) is 1. The Balaban J connectivity index is 1.73. The van der Waals surface area contributed by atoms with Crippen molar-refractivity contribution in [3.8, 4) is 0 Å². The fourth-order valence-corrected chi connectivity index (χ4v) is 4.69. The van der Waals surface area contributed by atoms with E-state index in [0.29, 0.717) is 5.56 Å². The minimum atomic E-state index is -0.302. The second-order valence-electron chi connectivity index (χ2n) is 7.34. The van der Waals surface area contributed by atoms with E-state index in [0.717, 1.165) is 41.6 Å². The SMILES string of the molecule is Cc1cc([C@H](c2ccccc2F)N2CCN(C)CC2)c(NC(=O)c2ccco2)s1. The molecule has 29 heavy (non-hydrogen) atoms. The van der Waals surface area contributed by atoms with Gasteiger partial charge in [0, 0.05) is 42.2 Å². The summed E-state index contributed by atoms with van der Waals surface area (Å²) in [6.45, 7) is 5.50. The van der Waals surface area contributed by atoms with Gasteiger partial charge in [-0.3, -0.25) is 9.69 Å². The second-order valence-corrected chi connectivity index (χ2v) is 8.59. The maximum Gasteiger partial charge on any atom is 0.291 e. The summed E-state index contributed by atoms with van der Waals surface area (Å²) in [5, 5.41) is 3.71. The first-order valence-electron chi connectivity index (χ1n) is 9.65. The molecule has 4 rings (SSSR count). The third-order valence-electron chi connectivity index (χ3n) is 5.25. The van der Waals surface area contributed by atoms with E-state index in [1.54, 1.807) is 18.2 Å². The minimum Gasteiger partial charge on any atom is -0.459 e. The van der Waals surface area contributed by atoms with Crippen molar-refractivity contribution in [2.24, 2.45) is 0 Å². The number of nitrogens with zero attached hydrogens (tertiary/aromatic N) is 2. The van der Waals surface area contributed by atoms with Crippen molar-refractivity contribution in [2.75, 3.05) is 38.5 Å². The number of rotatable bonds is 5. The highest BCUT2D eigenvalue weighted by atomic mass is 32.1. The second kappa shape index (κ2) is 8.49. The number of aryl methyl sites for hydroxylation is 1. The Morgan fingerprint density at radius 1 is 1.14 bits per heavy atom. The van der Waals surface area contributed by atoms with Crippen LogP contribution >= 0.6 is 11.3 Å². The highest BCUT2D eigenvalue weighted by molar-refractivity contribution is 7.16. The number of hydrogen-bond donors (Lipinski definition) is 1. The van der Waals surface area contributed by atoms with Gasteiger partial charge in [0.2, 0.25) is 0 Å². The number of hydrogen-bond acceptors (Lipinski definition) is 5. The summed E-state index contributed by atoms with van der Waals surface area (Å²) in [7, 11) is 2.10. The van der Waals surface area contributed by atoms with Crippen LogP contribution in [0.15, 0.2) is 53.1 Å². The minimum absolute atomic E-state index is 0.233. The van der Waals surface area contributed by atoms with E-state index in [9.17, 15) is 9.18 Å². The molecular formula is C22H24FN3O2S. The number of amides is 1. The molecule has 2 aromatic heterocycles. The molecule has 152 valence electrons. The molecule has 3 aromatic rings. The molecule has 0 spiro atoms. The van der Waals surface area contributed by atoms with Crippen LogP contribution in [-0.4, -0.2) is 48.9 Å². The van der Waals surface area contributed by atoms with Gasteiger partial charge in [0.25, 0.3) is 5.91 Å². The first-order valence-corrected chi connectivity index (χ1v) is 10.5. The number of furan rings is 1. The van der Waals surface area contributed by atoms with Crippen LogP contribution in [0.5, 0.6) is 0 Å². The zero-order chi connectivity index (χ0) is 20.4. The standard InChI is InChI=1S/C22H24FN3O2S/c1-15-14-17(22(29-15)24-21(27)19-8-5-13-28-19)20(16-6-3-4-7-18(16)23)26-11-9-25(2)10-12-26/h3-8,13-14,20H,9-12H2,1-2H3,(H,24,27)/t20-/m0/s1. The van der Waals surface area contributed by atoms with E-state index in [1.807, 2.05) is 19.1 Å². The van der Waals surface area contributed by atoms with Gasteiger partial charge in [-0.05, 0) is 38.2 Å². The molecule has 0 bridgehead atoms. The predicted octanol–water partition coefficient (Wildman–Crippen LogP) is 4.38. The van der Waals surface area contributed by atoms with Gasteiger partial charge in [0.05, 0.1) is 12.3 Å². The zero-order valence-corrected chi connectivity index (χ0v) is 17.3. The molecule has 1 amide bonds.